The Kier molecular flexibility index (Phi) is 9.38. The summed E-state index contributed by atoms with van der Waals surface area (Å²) in [7, 11) is 0. The molecular weight excluding hydrogens is 297 g/mol. The first-order valence-electron chi connectivity index (χ1n) is 6.60. The zero-order chi connectivity index (χ0) is 14.3. The number of carbonyl (C=O) groups excluding carboxylic acids is 1. The number of halogens is 2. The normalized spacial score (nSPS) is 10.1. The van der Waals surface area contributed by atoms with Crippen molar-refractivity contribution in [2.45, 2.75) is 20.8 Å². The molecule has 0 aromatic heterocycles. The number of benzene rings is 1. The summed E-state index contributed by atoms with van der Waals surface area (Å²) in [5.41, 5.74) is 1.62. The molecule has 0 fully saturated rings. The van der Waals surface area contributed by atoms with Crippen molar-refractivity contribution in [2.24, 2.45) is 0 Å². The van der Waals surface area contributed by atoms with Crippen LogP contribution in [0.3, 0.4) is 0 Å². The number of aryl methyl sites for hydroxylation is 1. The lowest BCUT2D eigenvalue weighted by Crippen LogP contribution is -2.37. The van der Waals surface area contributed by atoms with Gasteiger partial charge in [0.15, 0.2) is 0 Å². The quantitative estimate of drug-likeness (QED) is 0.842. The van der Waals surface area contributed by atoms with Gasteiger partial charge in [0.2, 0.25) is 0 Å². The minimum absolute atomic E-state index is 0. The minimum atomic E-state index is -0.219. The molecule has 6 heteroatoms. The standard InChI is InChI=1S/C14H22ClN3O.ClH/c1-4-18(5-2)10-9-16-14(19)17-13-11(3)7-6-8-12(13)15;/h6-8H,4-5,9-10H2,1-3H3,(H2,16,17,19);1H. The van der Waals surface area contributed by atoms with E-state index in [4.69, 9.17) is 11.6 Å². The molecule has 2 N–H and O–H groups in total. The van der Waals surface area contributed by atoms with Gasteiger partial charge in [-0.3, -0.25) is 0 Å². The number of para-hydroxylation sites is 1. The van der Waals surface area contributed by atoms with Crippen molar-refractivity contribution >= 4 is 35.7 Å². The molecule has 0 bridgehead atoms. The summed E-state index contributed by atoms with van der Waals surface area (Å²) in [4.78, 5) is 14.0. The van der Waals surface area contributed by atoms with Crippen molar-refractivity contribution in [1.82, 2.24) is 10.2 Å². The Bertz CT molecular complexity index is 403. The maximum absolute atomic E-state index is 11.8. The maximum atomic E-state index is 11.8. The van der Waals surface area contributed by atoms with Crippen LogP contribution in [-0.4, -0.2) is 37.1 Å². The number of hydrogen-bond donors (Lipinski definition) is 2. The lowest BCUT2D eigenvalue weighted by Gasteiger charge is -2.18. The fraction of sp³-hybridized carbons (Fsp3) is 0.500. The molecule has 0 aliphatic heterocycles. The molecule has 0 spiro atoms. The molecule has 0 atom stereocenters. The van der Waals surface area contributed by atoms with E-state index < -0.39 is 0 Å². The molecule has 1 rings (SSSR count). The number of amides is 2. The molecule has 0 radical (unpaired) electrons. The smallest absolute Gasteiger partial charge is 0.319 e. The fourth-order valence-electron chi connectivity index (χ4n) is 1.82. The van der Waals surface area contributed by atoms with Gasteiger partial charge in [0.25, 0.3) is 0 Å². The molecule has 1 aromatic rings. The Morgan fingerprint density at radius 1 is 1.30 bits per heavy atom. The molecule has 114 valence electrons. The number of urea groups is 1. The first-order valence-corrected chi connectivity index (χ1v) is 6.98. The number of carbonyl (C=O) groups is 1. The van der Waals surface area contributed by atoms with E-state index in [0.29, 0.717) is 17.3 Å². The van der Waals surface area contributed by atoms with Gasteiger partial charge in [0.05, 0.1) is 10.7 Å². The van der Waals surface area contributed by atoms with Gasteiger partial charge < -0.3 is 15.5 Å². The molecule has 1 aromatic carbocycles. The van der Waals surface area contributed by atoms with Crippen LogP contribution < -0.4 is 10.6 Å². The first kappa shape index (κ1) is 19.0. The number of nitrogens with zero attached hydrogens (tertiary/aromatic N) is 1. The second-order valence-corrected chi connectivity index (χ2v) is 4.75. The fourth-order valence-corrected chi connectivity index (χ4v) is 2.08. The molecule has 0 heterocycles. The number of anilines is 1. The Morgan fingerprint density at radius 3 is 2.50 bits per heavy atom. The van der Waals surface area contributed by atoms with Crippen LogP contribution in [-0.2, 0) is 0 Å². The van der Waals surface area contributed by atoms with Crippen LogP contribution in [0.5, 0.6) is 0 Å². The summed E-state index contributed by atoms with van der Waals surface area (Å²) in [6, 6.07) is 5.32. The van der Waals surface area contributed by atoms with Crippen LogP contribution in [0.2, 0.25) is 5.02 Å². The molecule has 4 nitrogen and oxygen atoms in total. The van der Waals surface area contributed by atoms with Gasteiger partial charge in [-0.05, 0) is 31.6 Å². The Hall–Kier alpha value is -0.970. The summed E-state index contributed by atoms with van der Waals surface area (Å²) in [6.45, 7) is 9.58. The summed E-state index contributed by atoms with van der Waals surface area (Å²) < 4.78 is 0. The van der Waals surface area contributed by atoms with E-state index in [1.807, 2.05) is 19.1 Å². The van der Waals surface area contributed by atoms with Crippen molar-refractivity contribution in [3.8, 4) is 0 Å². The van der Waals surface area contributed by atoms with Crippen LogP contribution in [0.4, 0.5) is 10.5 Å². The van der Waals surface area contributed by atoms with Gasteiger partial charge in [0, 0.05) is 13.1 Å². The third-order valence-electron chi connectivity index (χ3n) is 3.07. The van der Waals surface area contributed by atoms with E-state index >= 15 is 0 Å². The second-order valence-electron chi connectivity index (χ2n) is 4.34. The molecule has 20 heavy (non-hydrogen) atoms. The monoisotopic (exact) mass is 319 g/mol. The van der Waals surface area contributed by atoms with Crippen LogP contribution in [0.25, 0.3) is 0 Å². The third-order valence-corrected chi connectivity index (χ3v) is 3.38. The number of hydrogen-bond acceptors (Lipinski definition) is 2. The van der Waals surface area contributed by atoms with Gasteiger partial charge in [-0.1, -0.05) is 37.6 Å². The third kappa shape index (κ3) is 5.99. The Balaban J connectivity index is 0.00000361. The van der Waals surface area contributed by atoms with Crippen molar-refractivity contribution in [1.29, 1.82) is 0 Å². The van der Waals surface area contributed by atoms with Gasteiger partial charge in [-0.25, -0.2) is 4.79 Å². The SMILES string of the molecule is CCN(CC)CCNC(=O)Nc1c(C)cccc1Cl.Cl. The molecule has 0 saturated heterocycles. The zero-order valence-corrected chi connectivity index (χ0v) is 13.8. The Morgan fingerprint density at radius 2 is 1.95 bits per heavy atom. The molecule has 0 saturated carbocycles. The number of likely N-dealkylation sites (N-methyl/N-ethyl adjacent to an activating group) is 1. The summed E-state index contributed by atoms with van der Waals surface area (Å²) in [5.74, 6) is 0. The molecule has 0 aliphatic carbocycles. The van der Waals surface area contributed by atoms with Crippen molar-refractivity contribution < 1.29 is 4.79 Å². The highest BCUT2D eigenvalue weighted by molar-refractivity contribution is 6.33. The van der Waals surface area contributed by atoms with Gasteiger partial charge >= 0.3 is 6.03 Å². The van der Waals surface area contributed by atoms with E-state index in [2.05, 4.69) is 29.4 Å². The first-order chi connectivity index (χ1) is 9.08. The van der Waals surface area contributed by atoms with Crippen LogP contribution in [0.15, 0.2) is 18.2 Å². The summed E-state index contributed by atoms with van der Waals surface area (Å²) in [6.07, 6.45) is 0. The number of rotatable bonds is 6. The Labute approximate surface area is 132 Å². The molecule has 0 aliphatic rings. The van der Waals surface area contributed by atoms with Crippen molar-refractivity contribution in [2.75, 3.05) is 31.5 Å². The minimum Gasteiger partial charge on any atom is -0.337 e. The highest BCUT2D eigenvalue weighted by Crippen LogP contribution is 2.24. The lowest BCUT2D eigenvalue weighted by molar-refractivity contribution is 0.248. The average molecular weight is 320 g/mol. The predicted molar refractivity (Wildman–Crippen MR) is 88.2 cm³/mol. The maximum Gasteiger partial charge on any atom is 0.319 e. The topological polar surface area (TPSA) is 44.4 Å². The molecular formula is C14H23Cl2N3O. The number of nitrogens with one attached hydrogen (secondary N) is 2. The summed E-state index contributed by atoms with van der Waals surface area (Å²) >= 11 is 6.05. The van der Waals surface area contributed by atoms with Crippen molar-refractivity contribution in [3.63, 3.8) is 0 Å². The largest absolute Gasteiger partial charge is 0.337 e. The van der Waals surface area contributed by atoms with E-state index in [0.717, 1.165) is 25.2 Å². The van der Waals surface area contributed by atoms with E-state index in [-0.39, 0.29) is 18.4 Å². The average Bonchev–Trinajstić information content (AvgIpc) is 2.39. The zero-order valence-electron chi connectivity index (χ0n) is 12.2. The van der Waals surface area contributed by atoms with Gasteiger partial charge in [0.1, 0.15) is 0 Å². The lowest BCUT2D eigenvalue weighted by atomic mass is 10.2. The second kappa shape index (κ2) is 9.86. The van der Waals surface area contributed by atoms with E-state index in [1.54, 1.807) is 6.07 Å². The predicted octanol–water partition coefficient (Wildman–Crippen LogP) is 3.53. The van der Waals surface area contributed by atoms with Gasteiger partial charge in [-0.2, -0.15) is 0 Å². The summed E-state index contributed by atoms with van der Waals surface area (Å²) in [5, 5.41) is 6.18. The van der Waals surface area contributed by atoms with E-state index in [9.17, 15) is 4.79 Å². The highest BCUT2D eigenvalue weighted by Gasteiger charge is 2.08. The molecule has 2 amide bonds. The van der Waals surface area contributed by atoms with Gasteiger partial charge in [-0.15, -0.1) is 12.4 Å². The van der Waals surface area contributed by atoms with Crippen molar-refractivity contribution in [3.05, 3.63) is 28.8 Å². The van der Waals surface area contributed by atoms with E-state index in [1.165, 1.54) is 0 Å². The van der Waals surface area contributed by atoms with Crippen LogP contribution in [0.1, 0.15) is 19.4 Å². The van der Waals surface area contributed by atoms with Crippen LogP contribution >= 0.6 is 24.0 Å². The highest BCUT2D eigenvalue weighted by atomic mass is 35.5. The van der Waals surface area contributed by atoms with Crippen LogP contribution in [0, 0.1) is 6.92 Å². The molecule has 0 unspecified atom stereocenters.